The second-order valence-corrected chi connectivity index (χ2v) is 3.26. The molecule has 0 aliphatic heterocycles. The molecule has 0 unspecified atom stereocenters. The molecule has 2 N–H and O–H groups in total. The maximum atomic E-state index is 10.9. The van der Waals surface area contributed by atoms with Crippen molar-refractivity contribution in [2.45, 2.75) is 6.54 Å². The van der Waals surface area contributed by atoms with E-state index in [0.717, 1.165) is 17.2 Å². The minimum Gasteiger partial charge on any atom is -0.478 e. The smallest absolute Gasteiger partial charge is 0.407 e. The monoisotopic (exact) mass is 235 g/mol. The van der Waals surface area contributed by atoms with Crippen LogP contribution in [0.15, 0.2) is 30.3 Å². The van der Waals surface area contributed by atoms with Gasteiger partial charge in [-0.3, -0.25) is 0 Å². The third kappa shape index (κ3) is 4.83. The van der Waals surface area contributed by atoms with Gasteiger partial charge in [0.05, 0.1) is 7.11 Å². The number of methoxy groups -OCH3 is 1. The number of hydrogen-bond donors (Lipinski definition) is 2. The molecule has 0 aliphatic carbocycles. The summed E-state index contributed by atoms with van der Waals surface area (Å²) in [4.78, 5) is 21.2. The third-order valence-corrected chi connectivity index (χ3v) is 1.99. The highest BCUT2D eigenvalue weighted by molar-refractivity contribution is 5.85. The van der Waals surface area contributed by atoms with E-state index in [1.165, 1.54) is 13.2 Å². The van der Waals surface area contributed by atoms with Crippen molar-refractivity contribution in [3.8, 4) is 0 Å². The molecule has 90 valence electrons. The van der Waals surface area contributed by atoms with Crippen LogP contribution in [0.3, 0.4) is 0 Å². The third-order valence-electron chi connectivity index (χ3n) is 1.99. The van der Waals surface area contributed by atoms with Crippen LogP contribution in [-0.4, -0.2) is 24.3 Å². The molecule has 1 aromatic rings. The molecule has 5 heteroatoms. The average Bonchev–Trinajstić information content (AvgIpc) is 2.34. The Morgan fingerprint density at radius 3 is 2.88 bits per heavy atom. The molecule has 1 amide bonds. The molecule has 0 bridgehead atoms. The lowest BCUT2D eigenvalue weighted by Gasteiger charge is -2.04. The summed E-state index contributed by atoms with van der Waals surface area (Å²) in [6.07, 6.45) is 2.05. The molecule has 0 saturated carbocycles. The topological polar surface area (TPSA) is 75.6 Å². The van der Waals surface area contributed by atoms with Crippen LogP contribution in [-0.2, 0) is 16.1 Å². The molecule has 0 aromatic heterocycles. The number of alkyl carbamates (subject to hydrolysis) is 1. The Morgan fingerprint density at radius 1 is 1.47 bits per heavy atom. The molecule has 0 spiro atoms. The van der Waals surface area contributed by atoms with Crippen LogP contribution in [0, 0.1) is 0 Å². The van der Waals surface area contributed by atoms with E-state index in [2.05, 4.69) is 10.1 Å². The van der Waals surface area contributed by atoms with E-state index in [1.54, 1.807) is 18.2 Å². The number of benzene rings is 1. The van der Waals surface area contributed by atoms with E-state index >= 15 is 0 Å². The van der Waals surface area contributed by atoms with Crippen LogP contribution >= 0.6 is 0 Å². The van der Waals surface area contributed by atoms with Crippen LogP contribution in [0.1, 0.15) is 11.1 Å². The standard InChI is InChI=1S/C12H13NO4/c1-17-12(16)13-8-10-4-2-3-9(7-10)5-6-11(14)15/h2-7H,8H2,1H3,(H,13,16)(H,14,15). The molecule has 0 fully saturated rings. The maximum absolute atomic E-state index is 10.9. The average molecular weight is 235 g/mol. The zero-order valence-electron chi connectivity index (χ0n) is 9.34. The molecule has 0 aliphatic rings. The number of aliphatic carboxylic acids is 1. The quantitative estimate of drug-likeness (QED) is 0.778. The van der Waals surface area contributed by atoms with Gasteiger partial charge in [-0.25, -0.2) is 9.59 Å². The first kappa shape index (κ1) is 12.8. The van der Waals surface area contributed by atoms with Crippen molar-refractivity contribution in [3.05, 3.63) is 41.5 Å². The summed E-state index contributed by atoms with van der Waals surface area (Å²) in [5.74, 6) is -0.997. The Morgan fingerprint density at radius 2 is 2.24 bits per heavy atom. The molecule has 17 heavy (non-hydrogen) atoms. The van der Waals surface area contributed by atoms with Crippen LogP contribution < -0.4 is 5.32 Å². The minimum absolute atomic E-state index is 0.335. The van der Waals surface area contributed by atoms with Gasteiger partial charge < -0.3 is 15.2 Å². The summed E-state index contributed by atoms with van der Waals surface area (Å²) in [5.41, 5.74) is 1.62. The second kappa shape index (κ2) is 6.32. The van der Waals surface area contributed by atoms with Crippen molar-refractivity contribution < 1.29 is 19.4 Å². The molecule has 0 radical (unpaired) electrons. The Hall–Kier alpha value is -2.30. The SMILES string of the molecule is COC(=O)NCc1cccc(C=CC(=O)O)c1. The highest BCUT2D eigenvalue weighted by Crippen LogP contribution is 2.07. The van der Waals surface area contributed by atoms with Gasteiger partial charge >= 0.3 is 12.1 Å². The minimum atomic E-state index is -0.997. The predicted molar refractivity (Wildman–Crippen MR) is 62.4 cm³/mol. The van der Waals surface area contributed by atoms with Gasteiger partial charge in [0.1, 0.15) is 0 Å². The van der Waals surface area contributed by atoms with E-state index in [4.69, 9.17) is 5.11 Å². The number of ether oxygens (including phenoxy) is 1. The van der Waals surface area contributed by atoms with Crippen molar-refractivity contribution in [2.75, 3.05) is 7.11 Å². The van der Waals surface area contributed by atoms with E-state index in [1.807, 2.05) is 6.07 Å². The van der Waals surface area contributed by atoms with Gasteiger partial charge in [0.15, 0.2) is 0 Å². The fraction of sp³-hybridized carbons (Fsp3) is 0.167. The maximum Gasteiger partial charge on any atom is 0.407 e. The van der Waals surface area contributed by atoms with Gasteiger partial charge in [-0.05, 0) is 23.3 Å². The first-order valence-corrected chi connectivity index (χ1v) is 4.93. The number of nitrogens with one attached hydrogen (secondary N) is 1. The number of carbonyl (C=O) groups excluding carboxylic acids is 1. The molecular formula is C12H13NO4. The van der Waals surface area contributed by atoms with Gasteiger partial charge in [0, 0.05) is 12.6 Å². The van der Waals surface area contributed by atoms with Crippen LogP contribution in [0.25, 0.3) is 6.08 Å². The molecular weight excluding hydrogens is 222 g/mol. The lowest BCUT2D eigenvalue weighted by atomic mass is 10.1. The number of amides is 1. The molecule has 1 rings (SSSR count). The fourth-order valence-electron chi connectivity index (χ4n) is 1.22. The Kier molecular flexibility index (Phi) is 4.75. The highest BCUT2D eigenvalue weighted by atomic mass is 16.5. The Labute approximate surface area is 98.7 Å². The van der Waals surface area contributed by atoms with E-state index < -0.39 is 12.1 Å². The zero-order valence-corrected chi connectivity index (χ0v) is 9.34. The van der Waals surface area contributed by atoms with Crippen molar-refractivity contribution in [2.24, 2.45) is 0 Å². The Balaban J connectivity index is 2.65. The van der Waals surface area contributed by atoms with Gasteiger partial charge in [0.25, 0.3) is 0 Å². The van der Waals surface area contributed by atoms with E-state index in [9.17, 15) is 9.59 Å². The fourth-order valence-corrected chi connectivity index (χ4v) is 1.22. The highest BCUT2D eigenvalue weighted by Gasteiger charge is 1.99. The number of rotatable bonds is 4. The summed E-state index contributed by atoms with van der Waals surface area (Å²) in [5, 5.41) is 11.0. The molecule has 0 heterocycles. The second-order valence-electron chi connectivity index (χ2n) is 3.26. The summed E-state index contributed by atoms with van der Waals surface area (Å²) < 4.78 is 4.44. The van der Waals surface area contributed by atoms with Gasteiger partial charge in [-0.15, -0.1) is 0 Å². The summed E-state index contributed by atoms with van der Waals surface area (Å²) >= 11 is 0. The summed E-state index contributed by atoms with van der Waals surface area (Å²) in [7, 11) is 1.29. The molecule has 1 aromatic carbocycles. The van der Waals surface area contributed by atoms with E-state index in [0.29, 0.717) is 6.54 Å². The lowest BCUT2D eigenvalue weighted by molar-refractivity contribution is -0.131. The molecule has 0 atom stereocenters. The lowest BCUT2D eigenvalue weighted by Crippen LogP contribution is -2.22. The predicted octanol–water partition coefficient (Wildman–Crippen LogP) is 1.64. The number of carboxylic acids is 1. The normalized spacial score (nSPS) is 10.2. The van der Waals surface area contributed by atoms with Crippen molar-refractivity contribution >= 4 is 18.1 Å². The van der Waals surface area contributed by atoms with Gasteiger partial charge in [-0.1, -0.05) is 18.2 Å². The van der Waals surface area contributed by atoms with Gasteiger partial charge in [-0.2, -0.15) is 0 Å². The van der Waals surface area contributed by atoms with E-state index in [-0.39, 0.29) is 0 Å². The van der Waals surface area contributed by atoms with Crippen molar-refractivity contribution in [3.63, 3.8) is 0 Å². The zero-order chi connectivity index (χ0) is 12.7. The largest absolute Gasteiger partial charge is 0.478 e. The number of carbonyl (C=O) groups is 2. The summed E-state index contributed by atoms with van der Waals surface area (Å²) in [6.45, 7) is 0.335. The molecule has 5 nitrogen and oxygen atoms in total. The summed E-state index contributed by atoms with van der Waals surface area (Å²) in [6, 6.07) is 7.18. The van der Waals surface area contributed by atoms with Crippen LogP contribution in [0.4, 0.5) is 4.79 Å². The number of carboxylic acid groups (broad SMARTS) is 1. The Bertz CT molecular complexity index is 440. The first-order valence-electron chi connectivity index (χ1n) is 4.93. The van der Waals surface area contributed by atoms with Gasteiger partial charge in [0.2, 0.25) is 0 Å². The number of hydrogen-bond acceptors (Lipinski definition) is 3. The van der Waals surface area contributed by atoms with Crippen LogP contribution in [0.2, 0.25) is 0 Å². The van der Waals surface area contributed by atoms with Crippen LogP contribution in [0.5, 0.6) is 0 Å². The first-order chi connectivity index (χ1) is 8.11. The van der Waals surface area contributed by atoms with Crippen molar-refractivity contribution in [1.29, 1.82) is 0 Å². The molecule has 0 saturated heterocycles. The van der Waals surface area contributed by atoms with Crippen molar-refractivity contribution in [1.82, 2.24) is 5.32 Å².